The Labute approximate surface area is 153 Å². The summed E-state index contributed by atoms with van der Waals surface area (Å²) in [5.74, 6) is 2.05. The van der Waals surface area contributed by atoms with Crippen molar-refractivity contribution in [3.8, 4) is 17.4 Å². The van der Waals surface area contributed by atoms with Crippen molar-refractivity contribution in [2.24, 2.45) is 5.92 Å². The van der Waals surface area contributed by atoms with Gasteiger partial charge >= 0.3 is 0 Å². The third kappa shape index (κ3) is 5.61. The van der Waals surface area contributed by atoms with E-state index in [1.54, 1.807) is 44.5 Å². The van der Waals surface area contributed by atoms with E-state index in [1.165, 1.54) is 0 Å². The highest BCUT2D eigenvalue weighted by Crippen LogP contribution is 2.31. The van der Waals surface area contributed by atoms with Crippen LogP contribution in [0.3, 0.4) is 0 Å². The van der Waals surface area contributed by atoms with Crippen molar-refractivity contribution in [1.82, 2.24) is 4.98 Å². The molecule has 1 heterocycles. The first kappa shape index (κ1) is 19.0. The topological polar surface area (TPSA) is 48.4 Å². The number of carbonyl (C=O) groups excluding carboxylic acids is 1. The molecule has 0 aliphatic heterocycles. The van der Waals surface area contributed by atoms with E-state index < -0.39 is 0 Å². The van der Waals surface area contributed by atoms with E-state index in [4.69, 9.17) is 21.1 Å². The van der Waals surface area contributed by atoms with Gasteiger partial charge in [0.05, 0.1) is 12.1 Å². The fourth-order valence-electron chi connectivity index (χ4n) is 2.34. The standard InChI is InChI=1S/C20H22ClNO3/c1-13(9-15(3)23)14(2)10-16-5-8-20(22-12-16)25-19-7-6-17(24-4)11-18(19)21/h5-8,10-13H,9H2,1-4H3/b14-10+. The molecule has 0 N–H and O–H groups in total. The molecule has 0 bridgehead atoms. The number of allylic oxidation sites excluding steroid dienone is 1. The highest BCUT2D eigenvalue weighted by molar-refractivity contribution is 6.32. The second kappa shape index (κ2) is 8.67. The van der Waals surface area contributed by atoms with E-state index in [1.807, 2.05) is 26.0 Å². The zero-order valence-electron chi connectivity index (χ0n) is 14.9. The number of ketones is 1. The highest BCUT2D eigenvalue weighted by Gasteiger charge is 2.08. The minimum atomic E-state index is 0.193. The van der Waals surface area contributed by atoms with Gasteiger partial charge < -0.3 is 14.3 Å². The summed E-state index contributed by atoms with van der Waals surface area (Å²) in [5, 5.41) is 0.457. The number of nitrogens with zero attached hydrogens (tertiary/aromatic N) is 1. The number of benzene rings is 1. The van der Waals surface area contributed by atoms with Crippen molar-refractivity contribution in [2.45, 2.75) is 27.2 Å². The quantitative estimate of drug-likeness (QED) is 0.649. The van der Waals surface area contributed by atoms with Gasteiger partial charge in [-0.25, -0.2) is 4.98 Å². The maximum atomic E-state index is 11.2. The molecule has 132 valence electrons. The van der Waals surface area contributed by atoms with Crippen molar-refractivity contribution >= 4 is 23.5 Å². The predicted molar refractivity (Wildman–Crippen MR) is 100 cm³/mol. The average Bonchev–Trinajstić information content (AvgIpc) is 2.57. The van der Waals surface area contributed by atoms with Crippen LogP contribution in [0.2, 0.25) is 5.02 Å². The summed E-state index contributed by atoms with van der Waals surface area (Å²) in [7, 11) is 1.58. The van der Waals surface area contributed by atoms with Crippen LogP contribution in [0.5, 0.6) is 17.4 Å². The molecule has 1 atom stereocenters. The molecule has 0 amide bonds. The van der Waals surface area contributed by atoms with Crippen LogP contribution in [0, 0.1) is 5.92 Å². The fraction of sp³-hybridized carbons (Fsp3) is 0.300. The van der Waals surface area contributed by atoms with Crippen molar-refractivity contribution in [3.63, 3.8) is 0 Å². The van der Waals surface area contributed by atoms with Crippen LogP contribution in [0.15, 0.2) is 42.1 Å². The van der Waals surface area contributed by atoms with Gasteiger partial charge in [-0.05, 0) is 43.5 Å². The Bertz CT molecular complexity index is 769. The first-order valence-electron chi connectivity index (χ1n) is 8.04. The molecule has 0 radical (unpaired) electrons. The molecule has 0 aliphatic rings. The van der Waals surface area contributed by atoms with Gasteiger partial charge in [0, 0.05) is 24.8 Å². The Morgan fingerprint density at radius 3 is 2.60 bits per heavy atom. The molecule has 0 fully saturated rings. The summed E-state index contributed by atoms with van der Waals surface area (Å²) < 4.78 is 10.8. The first-order chi connectivity index (χ1) is 11.9. The number of aromatic nitrogens is 1. The molecular formula is C20H22ClNO3. The van der Waals surface area contributed by atoms with E-state index in [9.17, 15) is 4.79 Å². The van der Waals surface area contributed by atoms with Gasteiger partial charge in [0.25, 0.3) is 0 Å². The third-order valence-electron chi connectivity index (χ3n) is 3.88. The van der Waals surface area contributed by atoms with Gasteiger partial charge in [-0.1, -0.05) is 30.2 Å². The first-order valence-corrected chi connectivity index (χ1v) is 8.42. The number of methoxy groups -OCH3 is 1. The summed E-state index contributed by atoms with van der Waals surface area (Å²) in [4.78, 5) is 15.5. The third-order valence-corrected chi connectivity index (χ3v) is 4.17. The molecule has 0 spiro atoms. The number of carbonyl (C=O) groups is 1. The molecule has 25 heavy (non-hydrogen) atoms. The molecule has 0 saturated carbocycles. The van der Waals surface area contributed by atoms with Gasteiger partial charge in [-0.15, -0.1) is 0 Å². The lowest BCUT2D eigenvalue weighted by Gasteiger charge is -2.10. The number of pyridine rings is 1. The molecule has 1 aromatic heterocycles. The maximum absolute atomic E-state index is 11.2. The largest absolute Gasteiger partial charge is 0.497 e. The van der Waals surface area contributed by atoms with Gasteiger partial charge in [0.2, 0.25) is 5.88 Å². The summed E-state index contributed by atoms with van der Waals surface area (Å²) >= 11 is 6.16. The summed E-state index contributed by atoms with van der Waals surface area (Å²) in [6.07, 6.45) is 4.31. The van der Waals surface area contributed by atoms with Crippen molar-refractivity contribution in [3.05, 3.63) is 52.7 Å². The molecule has 4 nitrogen and oxygen atoms in total. The summed E-state index contributed by atoms with van der Waals surface area (Å²) in [6, 6.07) is 8.91. The highest BCUT2D eigenvalue weighted by atomic mass is 35.5. The monoisotopic (exact) mass is 359 g/mol. The number of hydrogen-bond donors (Lipinski definition) is 0. The van der Waals surface area contributed by atoms with Crippen LogP contribution >= 0.6 is 11.6 Å². The van der Waals surface area contributed by atoms with Gasteiger partial charge in [-0.3, -0.25) is 0 Å². The molecule has 5 heteroatoms. The lowest BCUT2D eigenvalue weighted by Crippen LogP contribution is -2.02. The van der Waals surface area contributed by atoms with Crippen LogP contribution < -0.4 is 9.47 Å². The number of ether oxygens (including phenoxy) is 2. The molecule has 1 unspecified atom stereocenters. The Kier molecular flexibility index (Phi) is 6.59. The Morgan fingerprint density at radius 1 is 1.28 bits per heavy atom. The van der Waals surface area contributed by atoms with Crippen LogP contribution in [0.4, 0.5) is 0 Å². The molecule has 1 aromatic carbocycles. The summed E-state index contributed by atoms with van der Waals surface area (Å²) in [5.41, 5.74) is 2.10. The van der Waals surface area contributed by atoms with E-state index in [0.29, 0.717) is 28.8 Å². The van der Waals surface area contributed by atoms with Crippen LogP contribution in [-0.2, 0) is 4.79 Å². The van der Waals surface area contributed by atoms with Gasteiger partial charge in [0.15, 0.2) is 0 Å². The molecule has 2 rings (SSSR count). The normalized spacial score (nSPS) is 12.6. The second-order valence-electron chi connectivity index (χ2n) is 6.02. The van der Waals surface area contributed by atoms with Crippen LogP contribution in [0.1, 0.15) is 32.8 Å². The fourth-order valence-corrected chi connectivity index (χ4v) is 2.55. The predicted octanol–water partition coefficient (Wildman–Crippen LogP) is 5.55. The lowest BCUT2D eigenvalue weighted by molar-refractivity contribution is -0.117. The van der Waals surface area contributed by atoms with E-state index in [0.717, 1.165) is 11.1 Å². The zero-order valence-corrected chi connectivity index (χ0v) is 15.6. The molecular weight excluding hydrogens is 338 g/mol. The van der Waals surface area contributed by atoms with Crippen molar-refractivity contribution < 1.29 is 14.3 Å². The molecule has 0 saturated heterocycles. The van der Waals surface area contributed by atoms with E-state index in [-0.39, 0.29) is 11.7 Å². The van der Waals surface area contributed by atoms with Gasteiger partial charge in [0.1, 0.15) is 17.3 Å². The summed E-state index contributed by atoms with van der Waals surface area (Å²) in [6.45, 7) is 5.68. The molecule has 0 aliphatic carbocycles. The number of hydrogen-bond acceptors (Lipinski definition) is 4. The SMILES string of the molecule is COc1ccc(Oc2ccc(/C=C(\C)C(C)CC(C)=O)cn2)c(Cl)c1. The average molecular weight is 360 g/mol. The Balaban J connectivity index is 2.08. The van der Waals surface area contributed by atoms with E-state index >= 15 is 0 Å². The minimum Gasteiger partial charge on any atom is -0.497 e. The minimum absolute atomic E-state index is 0.193. The molecule has 2 aromatic rings. The van der Waals surface area contributed by atoms with E-state index in [2.05, 4.69) is 4.98 Å². The van der Waals surface area contributed by atoms with Crippen molar-refractivity contribution in [1.29, 1.82) is 0 Å². The van der Waals surface area contributed by atoms with Crippen LogP contribution in [-0.4, -0.2) is 17.9 Å². The number of Topliss-reactive ketones (excluding diaryl/α,β-unsaturated/α-hetero) is 1. The van der Waals surface area contributed by atoms with Crippen LogP contribution in [0.25, 0.3) is 6.08 Å². The lowest BCUT2D eigenvalue weighted by atomic mass is 9.96. The second-order valence-corrected chi connectivity index (χ2v) is 6.43. The number of rotatable bonds is 7. The van der Waals surface area contributed by atoms with Crippen molar-refractivity contribution in [2.75, 3.05) is 7.11 Å². The Morgan fingerprint density at radius 2 is 2.04 bits per heavy atom. The smallest absolute Gasteiger partial charge is 0.219 e. The zero-order chi connectivity index (χ0) is 18.4. The maximum Gasteiger partial charge on any atom is 0.219 e. The Hall–Kier alpha value is -2.33. The van der Waals surface area contributed by atoms with Gasteiger partial charge in [-0.2, -0.15) is 0 Å². The number of halogens is 1.